The van der Waals surface area contributed by atoms with Gasteiger partial charge < -0.3 is 18.8 Å². The number of aryl methyl sites for hydroxylation is 1. The van der Waals surface area contributed by atoms with Crippen molar-refractivity contribution in [2.24, 2.45) is 0 Å². The number of ether oxygens (including phenoxy) is 3. The Morgan fingerprint density at radius 1 is 0.750 bits per heavy atom. The van der Waals surface area contributed by atoms with Gasteiger partial charge in [0, 0.05) is 23.0 Å². The number of hydrogen-bond acceptors (Lipinski definition) is 4. The van der Waals surface area contributed by atoms with Gasteiger partial charge in [-0.05, 0) is 42.8 Å². The van der Waals surface area contributed by atoms with Crippen molar-refractivity contribution in [1.82, 2.24) is 4.57 Å². The molecular weight excluding hydrogens is 402 g/mol. The summed E-state index contributed by atoms with van der Waals surface area (Å²) >= 11 is 0. The second-order valence-corrected chi connectivity index (χ2v) is 7.43. The van der Waals surface area contributed by atoms with Crippen molar-refractivity contribution < 1.29 is 19.0 Å². The number of carbonyl (C=O) groups is 1. The molecule has 0 fully saturated rings. The summed E-state index contributed by atoms with van der Waals surface area (Å²) in [5.41, 5.74) is 5.09. The lowest BCUT2D eigenvalue weighted by molar-refractivity contribution is 0.103. The van der Waals surface area contributed by atoms with E-state index >= 15 is 0 Å². The topological polar surface area (TPSA) is 49.7 Å². The zero-order valence-corrected chi connectivity index (χ0v) is 18.6. The number of rotatable bonds is 7. The average Bonchev–Trinajstić information content (AvgIpc) is 3.29. The molecule has 0 aliphatic carbocycles. The standard InChI is InChI=1S/C27H25NO4/c1-18-10-12-19(13-11-18)21-14-23(28(17-21)22-8-6-5-7-9-22)26(29)20-15-24(30-2)27(32-4)25(16-20)31-3/h5-17H,1-4H3. The van der Waals surface area contributed by atoms with Crippen molar-refractivity contribution in [2.45, 2.75) is 6.92 Å². The molecule has 0 saturated carbocycles. The molecule has 32 heavy (non-hydrogen) atoms. The SMILES string of the molecule is COc1cc(C(=O)c2cc(-c3ccc(C)cc3)cn2-c2ccccc2)cc(OC)c1OC. The Balaban J connectivity index is 1.87. The number of aromatic nitrogens is 1. The number of hydrogen-bond donors (Lipinski definition) is 0. The minimum atomic E-state index is -0.147. The van der Waals surface area contributed by atoms with Gasteiger partial charge in [-0.15, -0.1) is 0 Å². The molecule has 0 atom stereocenters. The molecule has 0 radical (unpaired) electrons. The van der Waals surface area contributed by atoms with Crippen LogP contribution in [0.25, 0.3) is 16.8 Å². The van der Waals surface area contributed by atoms with Crippen LogP contribution in [0.1, 0.15) is 21.6 Å². The van der Waals surface area contributed by atoms with Crippen LogP contribution < -0.4 is 14.2 Å². The molecule has 1 heterocycles. The van der Waals surface area contributed by atoms with Gasteiger partial charge in [0.2, 0.25) is 11.5 Å². The summed E-state index contributed by atoms with van der Waals surface area (Å²) in [6.45, 7) is 2.05. The van der Waals surface area contributed by atoms with E-state index < -0.39 is 0 Å². The molecule has 0 amide bonds. The second kappa shape index (κ2) is 9.02. The molecule has 4 aromatic rings. The summed E-state index contributed by atoms with van der Waals surface area (Å²) in [6.07, 6.45) is 1.99. The fourth-order valence-electron chi connectivity index (χ4n) is 3.70. The molecular formula is C27H25NO4. The van der Waals surface area contributed by atoms with Gasteiger partial charge in [0.25, 0.3) is 0 Å². The number of para-hydroxylation sites is 1. The fraction of sp³-hybridized carbons (Fsp3) is 0.148. The molecule has 5 heteroatoms. The number of methoxy groups -OCH3 is 3. The second-order valence-electron chi connectivity index (χ2n) is 7.43. The number of carbonyl (C=O) groups excluding carboxylic acids is 1. The third-order valence-electron chi connectivity index (χ3n) is 5.40. The monoisotopic (exact) mass is 427 g/mol. The predicted molar refractivity (Wildman–Crippen MR) is 125 cm³/mol. The Morgan fingerprint density at radius 3 is 1.94 bits per heavy atom. The molecule has 3 aromatic carbocycles. The Morgan fingerprint density at radius 2 is 1.38 bits per heavy atom. The maximum absolute atomic E-state index is 13.7. The van der Waals surface area contributed by atoms with Crippen LogP contribution in [0.15, 0.2) is 79.0 Å². The Labute approximate surface area is 187 Å². The molecule has 5 nitrogen and oxygen atoms in total. The van der Waals surface area contributed by atoms with Crippen LogP contribution in [0, 0.1) is 6.92 Å². The van der Waals surface area contributed by atoms with E-state index in [-0.39, 0.29) is 5.78 Å². The minimum Gasteiger partial charge on any atom is -0.493 e. The van der Waals surface area contributed by atoms with Crippen molar-refractivity contribution in [2.75, 3.05) is 21.3 Å². The van der Waals surface area contributed by atoms with Crippen LogP contribution in [0.5, 0.6) is 17.2 Å². The Hall–Kier alpha value is -3.99. The predicted octanol–water partition coefficient (Wildman–Crippen LogP) is 5.71. The molecule has 0 saturated heterocycles. The van der Waals surface area contributed by atoms with Crippen molar-refractivity contribution in [3.63, 3.8) is 0 Å². The highest BCUT2D eigenvalue weighted by Gasteiger charge is 2.22. The maximum Gasteiger partial charge on any atom is 0.210 e. The van der Waals surface area contributed by atoms with E-state index in [1.54, 1.807) is 12.1 Å². The van der Waals surface area contributed by atoms with Gasteiger partial charge in [0.1, 0.15) is 0 Å². The van der Waals surface area contributed by atoms with E-state index in [0.29, 0.717) is 28.5 Å². The van der Waals surface area contributed by atoms with Crippen LogP contribution in [-0.4, -0.2) is 31.7 Å². The van der Waals surface area contributed by atoms with E-state index in [9.17, 15) is 4.79 Å². The van der Waals surface area contributed by atoms with E-state index in [1.807, 2.05) is 47.2 Å². The zero-order valence-electron chi connectivity index (χ0n) is 18.6. The van der Waals surface area contributed by atoms with Gasteiger partial charge in [-0.3, -0.25) is 4.79 Å². The van der Waals surface area contributed by atoms with Gasteiger partial charge in [-0.1, -0.05) is 48.0 Å². The Bertz CT molecular complexity index is 1220. The molecule has 0 unspecified atom stereocenters. The minimum absolute atomic E-state index is 0.147. The van der Waals surface area contributed by atoms with E-state index in [4.69, 9.17) is 14.2 Å². The number of ketones is 1. The normalized spacial score (nSPS) is 10.6. The quantitative estimate of drug-likeness (QED) is 0.355. The fourth-order valence-corrected chi connectivity index (χ4v) is 3.70. The van der Waals surface area contributed by atoms with Crippen molar-refractivity contribution in [3.8, 4) is 34.1 Å². The zero-order chi connectivity index (χ0) is 22.7. The first kappa shape index (κ1) is 21.2. The smallest absolute Gasteiger partial charge is 0.210 e. The van der Waals surface area contributed by atoms with E-state index in [0.717, 1.165) is 16.8 Å². The van der Waals surface area contributed by atoms with Gasteiger partial charge in [0.05, 0.1) is 27.0 Å². The summed E-state index contributed by atoms with van der Waals surface area (Å²) < 4.78 is 18.2. The molecule has 4 rings (SSSR count). The van der Waals surface area contributed by atoms with Crippen LogP contribution in [-0.2, 0) is 0 Å². The largest absolute Gasteiger partial charge is 0.493 e. The number of nitrogens with zero attached hydrogens (tertiary/aromatic N) is 1. The van der Waals surface area contributed by atoms with Crippen LogP contribution in [0.2, 0.25) is 0 Å². The van der Waals surface area contributed by atoms with Crippen LogP contribution >= 0.6 is 0 Å². The summed E-state index contributed by atoms with van der Waals surface area (Å²) in [5.74, 6) is 1.18. The highest BCUT2D eigenvalue weighted by atomic mass is 16.5. The van der Waals surface area contributed by atoms with Gasteiger partial charge in [0.15, 0.2) is 11.5 Å². The lowest BCUT2D eigenvalue weighted by Gasteiger charge is -2.14. The molecule has 0 N–H and O–H groups in total. The lowest BCUT2D eigenvalue weighted by atomic mass is 10.0. The first-order valence-electron chi connectivity index (χ1n) is 10.2. The molecule has 0 aliphatic heterocycles. The summed E-state index contributed by atoms with van der Waals surface area (Å²) in [5, 5.41) is 0. The highest BCUT2D eigenvalue weighted by molar-refractivity contribution is 6.09. The third kappa shape index (κ3) is 3.97. The van der Waals surface area contributed by atoms with Gasteiger partial charge in [-0.2, -0.15) is 0 Å². The van der Waals surface area contributed by atoms with Crippen LogP contribution in [0.4, 0.5) is 0 Å². The van der Waals surface area contributed by atoms with Crippen molar-refractivity contribution in [3.05, 3.63) is 95.8 Å². The van der Waals surface area contributed by atoms with Crippen molar-refractivity contribution in [1.29, 1.82) is 0 Å². The van der Waals surface area contributed by atoms with E-state index in [1.165, 1.54) is 26.9 Å². The molecule has 1 aromatic heterocycles. The molecule has 0 spiro atoms. The maximum atomic E-state index is 13.7. The van der Waals surface area contributed by atoms with Gasteiger partial charge in [-0.25, -0.2) is 0 Å². The Kier molecular flexibility index (Phi) is 5.99. The first-order chi connectivity index (χ1) is 15.5. The molecule has 162 valence electrons. The third-order valence-corrected chi connectivity index (χ3v) is 5.40. The van der Waals surface area contributed by atoms with Crippen molar-refractivity contribution >= 4 is 5.78 Å². The summed E-state index contributed by atoms with van der Waals surface area (Å²) in [6, 6.07) is 23.3. The first-order valence-corrected chi connectivity index (χ1v) is 10.2. The summed E-state index contributed by atoms with van der Waals surface area (Å²) in [7, 11) is 4.61. The molecule has 0 bridgehead atoms. The van der Waals surface area contributed by atoms with E-state index in [2.05, 4.69) is 31.2 Å². The summed E-state index contributed by atoms with van der Waals surface area (Å²) in [4.78, 5) is 13.7. The molecule has 0 aliphatic rings. The average molecular weight is 428 g/mol. The van der Waals surface area contributed by atoms with Gasteiger partial charge >= 0.3 is 0 Å². The van der Waals surface area contributed by atoms with Crippen LogP contribution in [0.3, 0.4) is 0 Å². The lowest BCUT2D eigenvalue weighted by Crippen LogP contribution is -2.09. The number of benzene rings is 3. The highest BCUT2D eigenvalue weighted by Crippen LogP contribution is 2.39.